The third kappa shape index (κ3) is 1.61. The van der Waals surface area contributed by atoms with Crippen molar-refractivity contribution in [2.24, 2.45) is 0 Å². The second kappa shape index (κ2) is 4.56. The van der Waals surface area contributed by atoms with Crippen LogP contribution in [0.25, 0.3) is 43.7 Å². The summed E-state index contributed by atoms with van der Waals surface area (Å²) in [5.41, 5.74) is 8.13. The molecule has 5 aromatic rings. The molecule has 0 fully saturated rings. The van der Waals surface area contributed by atoms with E-state index in [4.69, 9.17) is 0 Å². The summed E-state index contributed by atoms with van der Waals surface area (Å²) in [6.45, 7) is 4.68. The van der Waals surface area contributed by atoms with Gasteiger partial charge >= 0.3 is 0 Å². The molecule has 4 aromatic carbocycles. The molecule has 0 atom stereocenters. The summed E-state index contributed by atoms with van der Waals surface area (Å²) in [4.78, 5) is 3.57. The molecule has 124 valence electrons. The number of rotatable bonds is 0. The zero-order valence-corrected chi connectivity index (χ0v) is 14.9. The highest BCUT2D eigenvalue weighted by Gasteiger charge is 2.36. The Hall–Kier alpha value is -3.06. The maximum absolute atomic E-state index is 3.57. The Balaban J connectivity index is 1.82. The van der Waals surface area contributed by atoms with Crippen LogP contribution < -0.4 is 0 Å². The highest BCUT2D eigenvalue weighted by molar-refractivity contribution is 6.15. The lowest BCUT2D eigenvalue weighted by Crippen LogP contribution is -2.14. The van der Waals surface area contributed by atoms with Crippen LogP contribution in [0.15, 0.2) is 72.8 Å². The van der Waals surface area contributed by atoms with Gasteiger partial charge in [0.1, 0.15) is 0 Å². The molecule has 0 unspecified atom stereocenters. The largest absolute Gasteiger partial charge is 0.354 e. The molecule has 0 amide bonds. The van der Waals surface area contributed by atoms with E-state index in [-0.39, 0.29) is 5.41 Å². The van der Waals surface area contributed by atoms with E-state index >= 15 is 0 Å². The van der Waals surface area contributed by atoms with E-state index in [1.807, 2.05) is 0 Å². The summed E-state index contributed by atoms with van der Waals surface area (Å²) in [6, 6.07) is 26.8. The van der Waals surface area contributed by atoms with Crippen molar-refractivity contribution in [3.05, 3.63) is 83.9 Å². The maximum Gasteiger partial charge on any atom is 0.0471 e. The summed E-state index contributed by atoms with van der Waals surface area (Å²) in [6.07, 6.45) is 0. The first kappa shape index (κ1) is 14.1. The molecule has 1 heteroatoms. The quantitative estimate of drug-likeness (QED) is 0.321. The fourth-order valence-electron chi connectivity index (χ4n) is 4.87. The molecule has 1 aliphatic carbocycles. The van der Waals surface area contributed by atoms with Gasteiger partial charge in [0.05, 0.1) is 0 Å². The molecule has 0 aliphatic heterocycles. The number of aromatic amines is 1. The number of aromatic nitrogens is 1. The lowest BCUT2D eigenvalue weighted by molar-refractivity contribution is 0.661. The van der Waals surface area contributed by atoms with Crippen molar-refractivity contribution in [3.63, 3.8) is 0 Å². The van der Waals surface area contributed by atoms with Gasteiger partial charge in [-0.05, 0) is 51.2 Å². The smallest absolute Gasteiger partial charge is 0.0471 e. The van der Waals surface area contributed by atoms with Crippen molar-refractivity contribution >= 4 is 32.6 Å². The van der Waals surface area contributed by atoms with E-state index in [2.05, 4.69) is 91.6 Å². The Morgan fingerprint density at radius 1 is 0.654 bits per heavy atom. The Morgan fingerprint density at radius 2 is 1.46 bits per heavy atom. The highest BCUT2D eigenvalue weighted by atomic mass is 14.7. The van der Waals surface area contributed by atoms with Gasteiger partial charge < -0.3 is 4.98 Å². The third-order valence-corrected chi connectivity index (χ3v) is 6.19. The minimum absolute atomic E-state index is 0.0509. The molecule has 0 saturated carbocycles. The maximum atomic E-state index is 3.57. The van der Waals surface area contributed by atoms with Crippen LogP contribution in [0.4, 0.5) is 0 Å². The molecule has 1 nitrogen and oxygen atoms in total. The highest BCUT2D eigenvalue weighted by Crippen LogP contribution is 2.51. The summed E-state index contributed by atoms with van der Waals surface area (Å²) < 4.78 is 0. The van der Waals surface area contributed by atoms with Crippen molar-refractivity contribution in [2.75, 3.05) is 0 Å². The first-order valence-corrected chi connectivity index (χ1v) is 9.22. The molecule has 0 radical (unpaired) electrons. The van der Waals surface area contributed by atoms with E-state index in [0.29, 0.717) is 0 Å². The van der Waals surface area contributed by atoms with Gasteiger partial charge in [-0.2, -0.15) is 0 Å². The summed E-state index contributed by atoms with van der Waals surface area (Å²) in [5, 5.41) is 5.27. The average Bonchev–Trinajstić information content (AvgIpc) is 3.13. The fourth-order valence-corrected chi connectivity index (χ4v) is 4.87. The fraction of sp³-hybridized carbons (Fsp3) is 0.120. The van der Waals surface area contributed by atoms with Crippen molar-refractivity contribution < 1.29 is 0 Å². The number of para-hydroxylation sites is 1. The molecule has 26 heavy (non-hydrogen) atoms. The van der Waals surface area contributed by atoms with E-state index in [1.165, 1.54) is 54.8 Å². The molecule has 1 aromatic heterocycles. The van der Waals surface area contributed by atoms with Gasteiger partial charge in [0.15, 0.2) is 0 Å². The van der Waals surface area contributed by atoms with E-state index in [1.54, 1.807) is 0 Å². The van der Waals surface area contributed by atoms with Crippen LogP contribution in [0.2, 0.25) is 0 Å². The van der Waals surface area contributed by atoms with E-state index < -0.39 is 0 Å². The Labute approximate surface area is 152 Å². The van der Waals surface area contributed by atoms with Crippen LogP contribution in [0.1, 0.15) is 25.0 Å². The number of hydrogen-bond acceptors (Lipinski definition) is 0. The summed E-state index contributed by atoms with van der Waals surface area (Å²) in [7, 11) is 0. The first-order chi connectivity index (χ1) is 12.6. The van der Waals surface area contributed by atoms with Crippen LogP contribution in [0.5, 0.6) is 0 Å². The normalized spacial score (nSPS) is 14.8. The van der Waals surface area contributed by atoms with Crippen LogP contribution in [0.3, 0.4) is 0 Å². The number of H-pyrrole nitrogens is 1. The Kier molecular flexibility index (Phi) is 2.48. The van der Waals surface area contributed by atoms with Gasteiger partial charge in [0, 0.05) is 27.2 Å². The van der Waals surface area contributed by atoms with Crippen molar-refractivity contribution in [1.82, 2.24) is 4.98 Å². The zero-order chi connectivity index (χ0) is 17.5. The topological polar surface area (TPSA) is 15.8 Å². The predicted molar refractivity (Wildman–Crippen MR) is 111 cm³/mol. The molecule has 0 spiro atoms. The second-order valence-electron chi connectivity index (χ2n) is 7.95. The summed E-state index contributed by atoms with van der Waals surface area (Å²) in [5.74, 6) is 0. The monoisotopic (exact) mass is 333 g/mol. The lowest BCUT2D eigenvalue weighted by atomic mass is 9.82. The molecular formula is C25H19N. The standard InChI is InChI=1S/C25H19N/c1-25(2)20-9-5-3-8-17(20)24-18-14-19-16-7-4-6-10-22(16)26-23(19)13-15(18)11-12-21(24)25/h3-14,26H,1-2H3. The van der Waals surface area contributed by atoms with E-state index in [9.17, 15) is 0 Å². The number of benzene rings is 4. The van der Waals surface area contributed by atoms with E-state index in [0.717, 1.165) is 0 Å². The molecule has 1 heterocycles. The molecule has 6 rings (SSSR count). The Bertz CT molecular complexity index is 1350. The van der Waals surface area contributed by atoms with Gasteiger partial charge in [0.2, 0.25) is 0 Å². The van der Waals surface area contributed by atoms with Crippen molar-refractivity contribution in [3.8, 4) is 11.1 Å². The molecule has 0 saturated heterocycles. The minimum atomic E-state index is 0.0509. The third-order valence-electron chi connectivity index (χ3n) is 6.19. The SMILES string of the molecule is CC1(C)c2ccccc2-c2c1ccc1cc3[nH]c4ccccc4c3cc21. The lowest BCUT2D eigenvalue weighted by Gasteiger charge is -2.21. The van der Waals surface area contributed by atoms with Crippen LogP contribution in [-0.2, 0) is 5.41 Å². The average molecular weight is 333 g/mol. The van der Waals surface area contributed by atoms with Gasteiger partial charge in [0.25, 0.3) is 0 Å². The van der Waals surface area contributed by atoms with Crippen LogP contribution in [0, 0.1) is 0 Å². The predicted octanol–water partition coefficient (Wildman–Crippen LogP) is 6.78. The van der Waals surface area contributed by atoms with Gasteiger partial charge in [-0.25, -0.2) is 0 Å². The van der Waals surface area contributed by atoms with Gasteiger partial charge in [-0.1, -0.05) is 68.4 Å². The van der Waals surface area contributed by atoms with Gasteiger partial charge in [-0.15, -0.1) is 0 Å². The first-order valence-electron chi connectivity index (χ1n) is 9.22. The number of nitrogens with one attached hydrogen (secondary N) is 1. The summed E-state index contributed by atoms with van der Waals surface area (Å²) >= 11 is 0. The number of fused-ring (bicyclic) bond motifs is 8. The number of hydrogen-bond donors (Lipinski definition) is 1. The molecule has 1 N–H and O–H groups in total. The molecule has 1 aliphatic rings. The zero-order valence-electron chi connectivity index (χ0n) is 14.9. The van der Waals surface area contributed by atoms with Crippen LogP contribution in [-0.4, -0.2) is 4.98 Å². The Morgan fingerprint density at radius 3 is 2.38 bits per heavy atom. The molecule has 0 bridgehead atoms. The second-order valence-corrected chi connectivity index (χ2v) is 7.95. The van der Waals surface area contributed by atoms with Crippen LogP contribution >= 0.6 is 0 Å². The van der Waals surface area contributed by atoms with Crippen molar-refractivity contribution in [2.45, 2.75) is 19.3 Å². The van der Waals surface area contributed by atoms with Crippen molar-refractivity contribution in [1.29, 1.82) is 0 Å². The molecular weight excluding hydrogens is 314 g/mol. The minimum Gasteiger partial charge on any atom is -0.354 e. The van der Waals surface area contributed by atoms with Gasteiger partial charge in [-0.3, -0.25) is 0 Å².